The number of benzene rings is 3. The average molecular weight is 444 g/mol. The molecule has 7 heteroatoms. The summed E-state index contributed by atoms with van der Waals surface area (Å²) < 4.78 is 23.3. The highest BCUT2D eigenvalue weighted by atomic mass is 16.6. The van der Waals surface area contributed by atoms with Crippen LogP contribution in [-0.4, -0.2) is 36.4 Å². The van der Waals surface area contributed by atoms with Crippen molar-refractivity contribution < 1.29 is 18.9 Å². The quantitative estimate of drug-likeness (QED) is 0.379. The molecule has 4 aromatic rings. The monoisotopic (exact) mass is 443 g/mol. The number of ether oxygens (including phenoxy) is 4. The summed E-state index contributed by atoms with van der Waals surface area (Å²) in [7, 11) is 1.64. The first-order chi connectivity index (χ1) is 16.3. The van der Waals surface area contributed by atoms with Crippen molar-refractivity contribution in [2.24, 2.45) is 0 Å². The zero-order chi connectivity index (χ0) is 22.5. The minimum Gasteiger partial charge on any atom is -0.497 e. The lowest BCUT2D eigenvalue weighted by Crippen LogP contribution is -2.30. The highest BCUT2D eigenvalue weighted by molar-refractivity contribution is 5.93. The number of hydrogen-bond donors (Lipinski definition) is 1. The van der Waals surface area contributed by atoms with Gasteiger partial charge in [0, 0.05) is 29.6 Å². The zero-order valence-corrected chi connectivity index (χ0v) is 18.4. The van der Waals surface area contributed by atoms with Crippen molar-refractivity contribution >= 4 is 22.4 Å². The average Bonchev–Trinajstić information content (AvgIpc) is 2.86. The van der Waals surface area contributed by atoms with Crippen LogP contribution in [-0.2, 0) is 11.3 Å². The number of methoxy groups -OCH3 is 1. The van der Waals surface area contributed by atoms with Gasteiger partial charge in [-0.05, 0) is 23.8 Å². The van der Waals surface area contributed by atoms with Crippen LogP contribution >= 0.6 is 0 Å². The van der Waals surface area contributed by atoms with Crippen molar-refractivity contribution in [2.45, 2.75) is 19.1 Å². The minimum absolute atomic E-state index is 0.0786. The Morgan fingerprint density at radius 3 is 2.79 bits per heavy atom. The van der Waals surface area contributed by atoms with E-state index in [2.05, 4.69) is 27.4 Å². The van der Waals surface area contributed by atoms with Gasteiger partial charge in [0.25, 0.3) is 0 Å². The van der Waals surface area contributed by atoms with E-state index in [1.807, 2.05) is 54.6 Å². The predicted molar refractivity (Wildman–Crippen MR) is 126 cm³/mol. The fourth-order valence-corrected chi connectivity index (χ4v) is 3.72. The molecule has 1 unspecified atom stereocenters. The molecule has 2 heterocycles. The van der Waals surface area contributed by atoms with Crippen molar-refractivity contribution in [3.63, 3.8) is 0 Å². The molecule has 1 aliphatic heterocycles. The van der Waals surface area contributed by atoms with Gasteiger partial charge in [-0.2, -0.15) is 0 Å². The Kier molecular flexibility index (Phi) is 6.21. The number of nitrogens with one attached hydrogen (secondary N) is 1. The molecule has 5 rings (SSSR count). The van der Waals surface area contributed by atoms with Crippen molar-refractivity contribution in [3.8, 4) is 17.2 Å². The van der Waals surface area contributed by atoms with Crippen molar-refractivity contribution in [1.82, 2.24) is 9.97 Å². The van der Waals surface area contributed by atoms with E-state index >= 15 is 0 Å². The highest BCUT2D eigenvalue weighted by Crippen LogP contribution is 2.38. The first-order valence-electron chi connectivity index (χ1n) is 10.9. The number of anilines is 2. The molecule has 0 aliphatic carbocycles. The maximum Gasteiger partial charge on any atom is 0.163 e. The van der Waals surface area contributed by atoms with E-state index in [1.54, 1.807) is 7.11 Å². The normalized spacial score (nSPS) is 14.8. The summed E-state index contributed by atoms with van der Waals surface area (Å²) in [6.45, 7) is 1.66. The zero-order valence-electron chi connectivity index (χ0n) is 18.4. The Balaban J connectivity index is 1.28. The third-order valence-corrected chi connectivity index (χ3v) is 5.45. The maximum absolute atomic E-state index is 6.23. The predicted octanol–water partition coefficient (Wildman–Crippen LogP) is 5.13. The summed E-state index contributed by atoms with van der Waals surface area (Å²) in [5, 5.41) is 4.20. The molecule has 3 aromatic carbocycles. The lowest BCUT2D eigenvalue weighted by atomic mass is 10.1. The molecule has 0 fully saturated rings. The molecule has 0 spiro atoms. The summed E-state index contributed by atoms with van der Waals surface area (Å²) in [4.78, 5) is 8.84. The number of hydrogen-bond acceptors (Lipinski definition) is 7. The van der Waals surface area contributed by atoms with Crippen LogP contribution in [0.15, 0.2) is 73.1 Å². The molecule has 168 valence electrons. The molecule has 1 atom stereocenters. The molecule has 33 heavy (non-hydrogen) atoms. The second kappa shape index (κ2) is 9.75. The summed E-state index contributed by atoms with van der Waals surface area (Å²) in [6, 6.07) is 21.7. The van der Waals surface area contributed by atoms with Crippen LogP contribution < -0.4 is 19.5 Å². The van der Waals surface area contributed by atoms with Crippen LogP contribution in [0, 0.1) is 0 Å². The molecule has 0 amide bonds. The first kappa shape index (κ1) is 21.0. The molecule has 1 aliphatic rings. The Labute approximate surface area is 192 Å². The minimum atomic E-state index is -0.0786. The summed E-state index contributed by atoms with van der Waals surface area (Å²) in [6.07, 6.45) is 2.20. The third kappa shape index (κ3) is 4.99. The Morgan fingerprint density at radius 2 is 1.91 bits per heavy atom. The highest BCUT2D eigenvalue weighted by Gasteiger charge is 2.22. The number of fused-ring (bicyclic) bond motifs is 2. The molecule has 0 radical (unpaired) electrons. The molecule has 7 nitrogen and oxygen atoms in total. The fourth-order valence-electron chi connectivity index (χ4n) is 3.72. The van der Waals surface area contributed by atoms with Crippen LogP contribution in [0.5, 0.6) is 17.2 Å². The maximum atomic E-state index is 6.23. The molecular formula is C26H25N3O4. The van der Waals surface area contributed by atoms with Gasteiger partial charge in [0.1, 0.15) is 30.6 Å². The van der Waals surface area contributed by atoms with Crippen LogP contribution in [0.1, 0.15) is 12.0 Å². The first-order valence-corrected chi connectivity index (χ1v) is 10.9. The standard InChI is InChI=1S/C26H25N3O4/c1-30-20-9-5-8-19(12-20)29-26-22-13-25-24(14-23(22)27-17-28-26)32-16-21(33-25)10-11-31-15-18-6-3-2-4-7-18/h2-9,12-14,17,21H,10-11,15-16H2,1H3,(H,27,28,29). The largest absolute Gasteiger partial charge is 0.497 e. The van der Waals surface area contributed by atoms with Crippen molar-refractivity contribution in [3.05, 3.63) is 78.6 Å². The summed E-state index contributed by atoms with van der Waals surface area (Å²) >= 11 is 0. The molecule has 0 saturated carbocycles. The van der Waals surface area contributed by atoms with E-state index in [9.17, 15) is 0 Å². The van der Waals surface area contributed by atoms with E-state index in [1.165, 1.54) is 6.33 Å². The Bertz CT molecular complexity index is 1230. The Morgan fingerprint density at radius 1 is 1.00 bits per heavy atom. The van der Waals surface area contributed by atoms with Crippen LogP contribution in [0.25, 0.3) is 10.9 Å². The second-order valence-electron chi connectivity index (χ2n) is 7.77. The summed E-state index contributed by atoms with van der Waals surface area (Å²) in [5.74, 6) is 2.83. The van der Waals surface area contributed by atoms with Crippen LogP contribution in [0.4, 0.5) is 11.5 Å². The van der Waals surface area contributed by atoms with Gasteiger partial charge in [0.15, 0.2) is 11.5 Å². The van der Waals surface area contributed by atoms with Gasteiger partial charge in [-0.25, -0.2) is 9.97 Å². The van der Waals surface area contributed by atoms with Gasteiger partial charge in [0.2, 0.25) is 0 Å². The molecular weight excluding hydrogens is 418 g/mol. The van der Waals surface area contributed by atoms with Gasteiger partial charge in [-0.15, -0.1) is 0 Å². The number of aromatic nitrogens is 2. The van der Waals surface area contributed by atoms with Crippen LogP contribution in [0.2, 0.25) is 0 Å². The molecule has 1 aromatic heterocycles. The number of nitrogens with zero attached hydrogens (tertiary/aromatic N) is 2. The van der Waals surface area contributed by atoms with Gasteiger partial charge in [0.05, 0.1) is 25.8 Å². The molecule has 0 saturated heterocycles. The van der Waals surface area contributed by atoms with E-state index in [0.717, 1.165) is 34.3 Å². The van der Waals surface area contributed by atoms with Crippen molar-refractivity contribution in [1.29, 1.82) is 0 Å². The third-order valence-electron chi connectivity index (χ3n) is 5.45. The lowest BCUT2D eigenvalue weighted by Gasteiger charge is -2.27. The smallest absolute Gasteiger partial charge is 0.163 e. The number of rotatable bonds is 8. The fraction of sp³-hybridized carbons (Fsp3) is 0.231. The molecule has 1 N–H and O–H groups in total. The van der Waals surface area contributed by atoms with E-state index < -0.39 is 0 Å². The van der Waals surface area contributed by atoms with E-state index in [-0.39, 0.29) is 6.10 Å². The van der Waals surface area contributed by atoms with Gasteiger partial charge in [-0.3, -0.25) is 0 Å². The SMILES string of the molecule is COc1cccc(Nc2ncnc3cc4c(cc23)OC(CCOCc2ccccc2)CO4)c1. The second-order valence-corrected chi connectivity index (χ2v) is 7.77. The lowest BCUT2D eigenvalue weighted by molar-refractivity contribution is 0.0443. The van der Waals surface area contributed by atoms with E-state index in [4.69, 9.17) is 18.9 Å². The summed E-state index contributed by atoms with van der Waals surface area (Å²) in [5.41, 5.74) is 2.81. The van der Waals surface area contributed by atoms with Crippen LogP contribution in [0.3, 0.4) is 0 Å². The van der Waals surface area contributed by atoms with E-state index in [0.29, 0.717) is 37.1 Å². The van der Waals surface area contributed by atoms with Gasteiger partial charge < -0.3 is 24.3 Å². The Hall–Kier alpha value is -3.84. The van der Waals surface area contributed by atoms with Gasteiger partial charge in [-0.1, -0.05) is 36.4 Å². The van der Waals surface area contributed by atoms with Gasteiger partial charge >= 0.3 is 0 Å². The molecule has 0 bridgehead atoms. The van der Waals surface area contributed by atoms with Crippen molar-refractivity contribution in [2.75, 3.05) is 25.6 Å². The topological polar surface area (TPSA) is 74.7 Å².